The lowest BCUT2D eigenvalue weighted by molar-refractivity contribution is -0.139. The zero-order chi connectivity index (χ0) is 13.5. The molecule has 0 aromatic heterocycles. The van der Waals surface area contributed by atoms with Gasteiger partial charge in [0.25, 0.3) is 0 Å². The molecule has 2 atom stereocenters. The summed E-state index contributed by atoms with van der Waals surface area (Å²) in [7, 11) is 0. The number of nitrogens with one attached hydrogen (secondary N) is 2. The highest BCUT2D eigenvalue weighted by Crippen LogP contribution is 2.04. The van der Waals surface area contributed by atoms with Gasteiger partial charge in [0.2, 0.25) is 11.8 Å². The molecule has 0 saturated carbocycles. The molecule has 1 saturated heterocycles. The second-order valence-corrected chi connectivity index (χ2v) is 4.93. The van der Waals surface area contributed by atoms with Crippen LogP contribution in [0.25, 0.3) is 0 Å². The first kappa shape index (κ1) is 15.0. The number of carbonyl (C=O) groups excluding carboxylic acids is 2. The van der Waals surface area contributed by atoms with Gasteiger partial charge in [-0.05, 0) is 19.8 Å². The zero-order valence-electron chi connectivity index (χ0n) is 11.7. The van der Waals surface area contributed by atoms with Crippen LogP contribution in [0.1, 0.15) is 40.0 Å². The lowest BCUT2D eigenvalue weighted by Crippen LogP contribution is -2.57. The predicted molar refractivity (Wildman–Crippen MR) is 71.2 cm³/mol. The monoisotopic (exact) mass is 255 g/mol. The lowest BCUT2D eigenvalue weighted by Gasteiger charge is -2.32. The van der Waals surface area contributed by atoms with Crippen molar-refractivity contribution in [2.45, 2.75) is 52.1 Å². The van der Waals surface area contributed by atoms with Gasteiger partial charge in [0.1, 0.15) is 0 Å². The molecule has 0 bridgehead atoms. The molecule has 1 rings (SSSR count). The third kappa shape index (κ3) is 4.29. The molecule has 0 radical (unpaired) electrons. The third-order valence-corrected chi connectivity index (χ3v) is 3.25. The van der Waals surface area contributed by atoms with Crippen molar-refractivity contribution in [2.24, 2.45) is 0 Å². The Bertz CT molecular complexity index is 294. The fourth-order valence-electron chi connectivity index (χ4n) is 2.27. The normalized spacial score (nSPS) is 21.8. The van der Waals surface area contributed by atoms with E-state index in [1.165, 1.54) is 0 Å². The van der Waals surface area contributed by atoms with Crippen LogP contribution in [-0.2, 0) is 9.59 Å². The highest BCUT2D eigenvalue weighted by Gasteiger charge is 2.28. The maximum atomic E-state index is 12.0. The van der Waals surface area contributed by atoms with E-state index in [9.17, 15) is 9.59 Å². The minimum Gasteiger partial charge on any atom is -0.352 e. The van der Waals surface area contributed by atoms with Crippen molar-refractivity contribution in [3.05, 3.63) is 0 Å². The fraction of sp³-hybridized carbons (Fsp3) is 0.846. The summed E-state index contributed by atoms with van der Waals surface area (Å²) in [5.74, 6) is -0.0110. The SMILES string of the molecule is CCCC(C)NC(=O)CN1CCNC(CC)C1=O. The van der Waals surface area contributed by atoms with Crippen molar-refractivity contribution in [1.29, 1.82) is 0 Å². The molecule has 1 aliphatic heterocycles. The van der Waals surface area contributed by atoms with E-state index >= 15 is 0 Å². The van der Waals surface area contributed by atoms with Crippen molar-refractivity contribution in [3.8, 4) is 0 Å². The van der Waals surface area contributed by atoms with Crippen molar-refractivity contribution < 1.29 is 9.59 Å². The van der Waals surface area contributed by atoms with Crippen LogP contribution in [0.15, 0.2) is 0 Å². The summed E-state index contributed by atoms with van der Waals surface area (Å²) in [6, 6.07) is 0.0575. The molecule has 0 spiro atoms. The van der Waals surface area contributed by atoms with Crippen molar-refractivity contribution in [1.82, 2.24) is 15.5 Å². The van der Waals surface area contributed by atoms with Gasteiger partial charge >= 0.3 is 0 Å². The van der Waals surface area contributed by atoms with Crippen molar-refractivity contribution in [2.75, 3.05) is 19.6 Å². The zero-order valence-corrected chi connectivity index (χ0v) is 11.7. The third-order valence-electron chi connectivity index (χ3n) is 3.25. The number of hydrogen-bond donors (Lipinski definition) is 2. The van der Waals surface area contributed by atoms with E-state index in [1.54, 1.807) is 4.90 Å². The van der Waals surface area contributed by atoms with Gasteiger partial charge in [-0.3, -0.25) is 9.59 Å². The molecule has 5 nitrogen and oxygen atoms in total. The van der Waals surface area contributed by atoms with E-state index in [1.807, 2.05) is 13.8 Å². The van der Waals surface area contributed by atoms with Crippen LogP contribution in [0.3, 0.4) is 0 Å². The number of nitrogens with zero attached hydrogens (tertiary/aromatic N) is 1. The second kappa shape index (κ2) is 7.36. The summed E-state index contributed by atoms with van der Waals surface area (Å²) >= 11 is 0. The van der Waals surface area contributed by atoms with E-state index in [2.05, 4.69) is 17.6 Å². The topological polar surface area (TPSA) is 61.4 Å². The smallest absolute Gasteiger partial charge is 0.240 e. The number of piperazine rings is 1. The Labute approximate surface area is 109 Å². The summed E-state index contributed by atoms with van der Waals surface area (Å²) in [6.07, 6.45) is 2.79. The van der Waals surface area contributed by atoms with Gasteiger partial charge in [0, 0.05) is 19.1 Å². The fourth-order valence-corrected chi connectivity index (χ4v) is 2.27. The van der Waals surface area contributed by atoms with E-state index in [4.69, 9.17) is 0 Å². The highest BCUT2D eigenvalue weighted by molar-refractivity contribution is 5.88. The molecule has 0 aliphatic carbocycles. The first-order valence-electron chi connectivity index (χ1n) is 6.90. The van der Waals surface area contributed by atoms with Crippen molar-refractivity contribution in [3.63, 3.8) is 0 Å². The Morgan fingerprint density at radius 2 is 2.28 bits per heavy atom. The average molecular weight is 255 g/mol. The van der Waals surface area contributed by atoms with Gasteiger partial charge in [0.15, 0.2) is 0 Å². The summed E-state index contributed by atoms with van der Waals surface area (Å²) in [4.78, 5) is 25.5. The van der Waals surface area contributed by atoms with Crippen molar-refractivity contribution >= 4 is 11.8 Å². The van der Waals surface area contributed by atoms with Crippen LogP contribution < -0.4 is 10.6 Å². The molecule has 0 aromatic rings. The Hall–Kier alpha value is -1.10. The molecule has 104 valence electrons. The van der Waals surface area contributed by atoms with Gasteiger partial charge in [-0.1, -0.05) is 20.3 Å². The standard InChI is InChI=1S/C13H25N3O2/c1-4-6-10(3)15-12(17)9-16-8-7-14-11(5-2)13(16)18/h10-11,14H,4-9H2,1-3H3,(H,15,17). The number of rotatable bonds is 6. The molecule has 2 amide bonds. The summed E-state index contributed by atoms with van der Waals surface area (Å²) < 4.78 is 0. The van der Waals surface area contributed by atoms with E-state index < -0.39 is 0 Å². The Balaban J connectivity index is 2.41. The molecule has 1 aliphatic rings. The van der Waals surface area contributed by atoms with Crippen LogP contribution in [0, 0.1) is 0 Å². The summed E-state index contributed by atoms with van der Waals surface area (Å²) in [6.45, 7) is 7.63. The highest BCUT2D eigenvalue weighted by atomic mass is 16.2. The first-order valence-corrected chi connectivity index (χ1v) is 6.90. The molecule has 1 fully saturated rings. The minimum atomic E-state index is -0.125. The largest absolute Gasteiger partial charge is 0.352 e. The van der Waals surface area contributed by atoms with Gasteiger partial charge < -0.3 is 15.5 Å². The Morgan fingerprint density at radius 3 is 2.89 bits per heavy atom. The molecular weight excluding hydrogens is 230 g/mol. The maximum absolute atomic E-state index is 12.0. The molecule has 2 N–H and O–H groups in total. The van der Waals surface area contributed by atoms with Gasteiger partial charge in [-0.15, -0.1) is 0 Å². The van der Waals surface area contributed by atoms with Crippen LogP contribution >= 0.6 is 0 Å². The maximum Gasteiger partial charge on any atom is 0.240 e. The molecule has 1 heterocycles. The van der Waals surface area contributed by atoms with Gasteiger partial charge in [0.05, 0.1) is 12.6 Å². The summed E-state index contributed by atoms with van der Waals surface area (Å²) in [5, 5.41) is 6.09. The quantitative estimate of drug-likeness (QED) is 0.726. The van der Waals surface area contributed by atoms with Gasteiger partial charge in [-0.25, -0.2) is 0 Å². The van der Waals surface area contributed by atoms with Crippen LogP contribution in [-0.4, -0.2) is 48.4 Å². The number of amides is 2. The number of hydrogen-bond acceptors (Lipinski definition) is 3. The lowest BCUT2D eigenvalue weighted by atomic mass is 10.1. The molecule has 5 heteroatoms. The minimum absolute atomic E-state index is 0.0436. The summed E-state index contributed by atoms with van der Waals surface area (Å²) in [5.41, 5.74) is 0. The molecular formula is C13H25N3O2. The predicted octanol–water partition coefficient (Wildman–Crippen LogP) is 0.502. The Morgan fingerprint density at radius 1 is 1.56 bits per heavy atom. The van der Waals surface area contributed by atoms with E-state index in [0.29, 0.717) is 6.54 Å². The first-order chi connectivity index (χ1) is 8.58. The Kier molecular flexibility index (Phi) is 6.12. The van der Waals surface area contributed by atoms with E-state index in [-0.39, 0.29) is 30.4 Å². The van der Waals surface area contributed by atoms with Gasteiger partial charge in [-0.2, -0.15) is 0 Å². The van der Waals surface area contributed by atoms with E-state index in [0.717, 1.165) is 25.8 Å². The molecule has 18 heavy (non-hydrogen) atoms. The van der Waals surface area contributed by atoms with Crippen LogP contribution in [0.5, 0.6) is 0 Å². The second-order valence-electron chi connectivity index (χ2n) is 4.93. The van der Waals surface area contributed by atoms with Crippen LogP contribution in [0.2, 0.25) is 0 Å². The van der Waals surface area contributed by atoms with Crippen LogP contribution in [0.4, 0.5) is 0 Å². The molecule has 0 aromatic carbocycles. The number of carbonyl (C=O) groups is 2. The average Bonchev–Trinajstić information content (AvgIpc) is 2.32. The molecule has 2 unspecified atom stereocenters.